The standard InChI is InChI=1S/C31H51N4O13.Fm/c1-25(34-24-36)30(39)33-23-28(37)35-27-5-3-26(4-6-27)29(38)31(40)32-7-8-42-11-12-44-15-16-46-19-20-48-22-21-47-18-17-45-14-13-43-10-9-41-2;/h3-6,25,29,38H,7-23H2,1-2H3,(H,32,40)(H,33,39)(H,34,36)(H,35,37);/q-1;. The third-order valence-corrected chi connectivity index (χ3v) is 6.06. The van der Waals surface area contributed by atoms with Crippen LogP contribution in [0.4, 0.5) is 5.69 Å². The molecule has 0 bridgehead atoms. The summed E-state index contributed by atoms with van der Waals surface area (Å²) in [5, 5.41) is 20.0. The van der Waals surface area contributed by atoms with Crippen LogP contribution in [-0.2, 0) is 57.1 Å². The third kappa shape index (κ3) is 24.5. The number of aliphatic hydroxyl groups excluding tert-OH is 1. The van der Waals surface area contributed by atoms with Crippen molar-refractivity contribution in [3.05, 3.63) is 29.8 Å². The first-order valence-corrected chi connectivity index (χ1v) is 15.7. The predicted molar refractivity (Wildman–Crippen MR) is 172 cm³/mol. The minimum absolute atomic E-state index is 0. The minimum atomic E-state index is -1.41. The van der Waals surface area contributed by atoms with Gasteiger partial charge in [-0.15, -0.1) is 0 Å². The Morgan fingerprint density at radius 2 is 1.10 bits per heavy atom. The first-order chi connectivity index (χ1) is 23.4. The van der Waals surface area contributed by atoms with E-state index in [9.17, 15) is 24.3 Å². The number of nitrogens with one attached hydrogen (secondary N) is 4. The molecule has 2 unspecified atom stereocenters. The van der Waals surface area contributed by atoms with Gasteiger partial charge in [0, 0.05) is 19.3 Å². The molecule has 1 aromatic carbocycles. The number of anilines is 1. The molecule has 0 saturated carbocycles. The SMILES string of the molecule is COCCOCCOCCOCCOCCOCCOCCOCCNC(=O)C(O)c1ccc(NC(=O)CNC(=O)C(C)N[C-]=O)cc1.[Fm]. The minimum Gasteiger partial charge on any atom is -0.520 e. The molecule has 18 heteroatoms. The maximum Gasteiger partial charge on any atom is 0.253 e. The summed E-state index contributed by atoms with van der Waals surface area (Å²) in [6.07, 6.45) is -0.00386. The summed E-state index contributed by atoms with van der Waals surface area (Å²) in [6.45, 7) is 8.13. The summed E-state index contributed by atoms with van der Waals surface area (Å²) in [7, 11) is 1.63. The molecule has 4 amide bonds. The molecule has 49 heavy (non-hydrogen) atoms. The van der Waals surface area contributed by atoms with Crippen LogP contribution < -0.4 is 21.3 Å². The first kappa shape index (κ1) is 44.7. The molecule has 5 N–H and O–H groups in total. The monoisotopic (exact) mass is 944 g/mol. The van der Waals surface area contributed by atoms with Crippen LogP contribution in [0.25, 0.3) is 0 Å². The van der Waals surface area contributed by atoms with Crippen LogP contribution in [0.5, 0.6) is 0 Å². The van der Waals surface area contributed by atoms with E-state index in [1.54, 1.807) is 7.11 Å². The second kappa shape index (κ2) is 31.0. The summed E-state index contributed by atoms with van der Waals surface area (Å²) in [5.74, 6) is -1.63. The van der Waals surface area contributed by atoms with E-state index in [-0.39, 0.29) is 19.7 Å². The topological polar surface area (TPSA) is 210 Å². The Balaban J connectivity index is 0.0000230. The molecule has 0 aliphatic rings. The Morgan fingerprint density at radius 3 is 1.53 bits per heavy atom. The number of methoxy groups -OCH3 is 1. The van der Waals surface area contributed by atoms with Crippen molar-refractivity contribution in [2.24, 2.45) is 0 Å². The van der Waals surface area contributed by atoms with Gasteiger partial charge in [0.2, 0.25) is 11.8 Å². The molecule has 0 radical (unpaired) electrons. The number of carbonyl (C=O) groups is 3. The zero-order valence-electron chi connectivity index (χ0n) is 28.1. The van der Waals surface area contributed by atoms with Crippen LogP contribution in [0.3, 0.4) is 0 Å². The molecular formula is C31H51FmN4O13-. The second-order valence-electron chi connectivity index (χ2n) is 9.83. The number of hydrogen-bond donors (Lipinski definition) is 5. The number of hydrogen-bond acceptors (Lipinski definition) is 13. The summed E-state index contributed by atoms with van der Waals surface area (Å²) in [4.78, 5) is 46.3. The van der Waals surface area contributed by atoms with E-state index in [1.807, 2.05) is 0 Å². The van der Waals surface area contributed by atoms with Gasteiger partial charge in [-0.3, -0.25) is 14.4 Å². The van der Waals surface area contributed by atoms with Crippen molar-refractivity contribution in [3.8, 4) is 0 Å². The fourth-order valence-corrected chi connectivity index (χ4v) is 3.49. The summed E-state index contributed by atoms with van der Waals surface area (Å²) in [6, 6.07) is 5.19. The number of rotatable bonds is 32. The zero-order chi connectivity index (χ0) is 35.1. The first-order valence-electron chi connectivity index (χ1n) is 15.7. The van der Waals surface area contributed by atoms with E-state index in [0.29, 0.717) is 104 Å². The number of aliphatic hydroxyl groups is 1. The summed E-state index contributed by atoms with van der Waals surface area (Å²) < 4.78 is 42.7. The molecule has 0 aliphatic carbocycles. The van der Waals surface area contributed by atoms with Crippen molar-refractivity contribution in [3.63, 3.8) is 0 Å². The molecule has 1 aromatic rings. The molecule has 0 saturated heterocycles. The maximum absolute atomic E-state index is 12.3. The smallest absolute Gasteiger partial charge is 0.253 e. The third-order valence-electron chi connectivity index (χ3n) is 6.06. The van der Waals surface area contributed by atoms with Crippen LogP contribution in [0, 0.1) is 0 Å². The Morgan fingerprint density at radius 1 is 0.673 bits per heavy atom. The summed E-state index contributed by atoms with van der Waals surface area (Å²) >= 11 is 0. The van der Waals surface area contributed by atoms with Gasteiger partial charge in [-0.1, -0.05) is 12.1 Å². The van der Waals surface area contributed by atoms with Gasteiger partial charge in [-0.2, -0.15) is 6.41 Å². The number of amides is 4. The van der Waals surface area contributed by atoms with Gasteiger partial charge < -0.3 is 69.1 Å². The molecule has 1 rings (SSSR count). The van der Waals surface area contributed by atoms with E-state index in [1.165, 1.54) is 37.6 Å². The predicted octanol–water partition coefficient (Wildman–Crippen LogP) is -1.30. The molecule has 286 valence electrons. The molecule has 0 spiro atoms. The molecule has 0 heterocycles. The van der Waals surface area contributed by atoms with Crippen molar-refractivity contribution in [2.45, 2.75) is 19.1 Å². The van der Waals surface area contributed by atoms with Crippen LogP contribution in [0.2, 0.25) is 0 Å². The van der Waals surface area contributed by atoms with Crippen molar-refractivity contribution in [2.75, 3.05) is 125 Å². The Bertz CT molecular complexity index is 995. The van der Waals surface area contributed by atoms with Gasteiger partial charge in [-0.25, -0.2) is 0 Å². The van der Waals surface area contributed by atoms with Gasteiger partial charge in [0.15, 0.2) is 6.10 Å². The largest absolute Gasteiger partial charge is 0.520 e. The average Bonchev–Trinajstić information content (AvgIpc) is 3.09. The van der Waals surface area contributed by atoms with Crippen molar-refractivity contribution < 1.29 is 62.2 Å². The van der Waals surface area contributed by atoms with Gasteiger partial charge in [0.1, 0.15) is 0 Å². The van der Waals surface area contributed by atoms with E-state index < -0.39 is 29.9 Å². The Hall–Kier alpha value is -4.26. The Kier molecular flexibility index (Phi) is 28.3. The van der Waals surface area contributed by atoms with Gasteiger partial charge in [0.05, 0.1) is 112 Å². The fraction of sp³-hybridized carbons (Fsp3) is 0.677. The molecule has 0 aromatic heterocycles. The van der Waals surface area contributed by atoms with Gasteiger partial charge in [0.25, 0.3) is 5.91 Å². The molecule has 0 fully saturated rings. The van der Waals surface area contributed by atoms with Crippen molar-refractivity contribution >= 4 is 29.8 Å². The summed E-state index contributed by atoms with van der Waals surface area (Å²) in [5.41, 5.74) is 0.732. The molecule has 0 aliphatic heterocycles. The van der Waals surface area contributed by atoms with E-state index in [0.717, 1.165) is 0 Å². The van der Waals surface area contributed by atoms with Crippen LogP contribution in [-0.4, -0.2) is 155 Å². The van der Waals surface area contributed by atoms with E-state index in [4.69, 9.17) is 37.9 Å². The van der Waals surface area contributed by atoms with Crippen molar-refractivity contribution in [1.29, 1.82) is 0 Å². The molecule has 2 atom stereocenters. The Labute approximate surface area is 281 Å². The zero-order valence-corrected chi connectivity index (χ0v) is 30.5. The number of benzene rings is 1. The number of ether oxygens (including phenoxy) is 8. The van der Waals surface area contributed by atoms with Crippen LogP contribution in [0.15, 0.2) is 24.3 Å². The average molecular weight is 945 g/mol. The van der Waals surface area contributed by atoms with Gasteiger partial charge in [-0.05, 0) is 24.6 Å². The van der Waals surface area contributed by atoms with Crippen molar-refractivity contribution in [1.82, 2.24) is 16.0 Å². The second-order valence-corrected chi connectivity index (χ2v) is 9.83. The number of carbonyl (C=O) groups excluding carboxylic acids is 4. The normalized spacial score (nSPS) is 12.0. The maximum atomic E-state index is 12.3. The van der Waals surface area contributed by atoms with E-state index >= 15 is 0 Å². The van der Waals surface area contributed by atoms with Gasteiger partial charge >= 0.3 is 0 Å². The fourth-order valence-electron chi connectivity index (χ4n) is 3.49. The van der Waals surface area contributed by atoms with Crippen LogP contribution >= 0.6 is 0 Å². The molecule has 17 nitrogen and oxygen atoms in total. The quantitative estimate of drug-likeness (QED) is 0.0324. The van der Waals surface area contributed by atoms with Crippen LogP contribution in [0.1, 0.15) is 18.6 Å². The molecular weight excluding hydrogens is 893 g/mol. The van der Waals surface area contributed by atoms with E-state index in [2.05, 4.69) is 21.3 Å².